The van der Waals surface area contributed by atoms with E-state index < -0.39 is 5.97 Å². The zero-order valence-electron chi connectivity index (χ0n) is 15.9. The van der Waals surface area contributed by atoms with Gasteiger partial charge in [0.05, 0.1) is 0 Å². The zero-order chi connectivity index (χ0) is 17.7. The van der Waals surface area contributed by atoms with Gasteiger partial charge in [0.2, 0.25) is 0 Å². The van der Waals surface area contributed by atoms with Crippen LogP contribution < -0.4 is 24.0 Å². The molecule has 0 atom stereocenters. The van der Waals surface area contributed by atoms with Crippen molar-refractivity contribution < 1.29 is 28.8 Å². The van der Waals surface area contributed by atoms with E-state index in [0.717, 1.165) is 38.5 Å². The molecule has 0 bridgehead atoms. The van der Waals surface area contributed by atoms with Crippen molar-refractivity contribution in [3.05, 3.63) is 72.9 Å². The summed E-state index contributed by atoms with van der Waals surface area (Å²) in [6.45, 7) is 2.15. The molecule has 0 saturated carbocycles. The predicted octanol–water partition coefficient (Wildman–Crippen LogP) is 2.22. The summed E-state index contributed by atoms with van der Waals surface area (Å²) in [5.41, 5.74) is 0. The van der Waals surface area contributed by atoms with Gasteiger partial charge in [0.1, 0.15) is 0 Å². The van der Waals surface area contributed by atoms with E-state index in [9.17, 15) is 9.90 Å². The van der Waals surface area contributed by atoms with Gasteiger partial charge in [-0.15, -0.1) is 0 Å². The Morgan fingerprint density at radius 1 is 0.640 bits per heavy atom. The maximum Gasteiger partial charge on any atom is 1.00 e. The molecule has 0 saturated heterocycles. The van der Waals surface area contributed by atoms with Crippen LogP contribution in [0.4, 0.5) is 0 Å². The molecule has 0 aromatic heterocycles. The number of hydrogen-bond acceptors (Lipinski definition) is 2. The van der Waals surface area contributed by atoms with E-state index in [1.54, 1.807) is 0 Å². The molecule has 2 nitrogen and oxygen atoms in total. The smallest absolute Gasteiger partial charge is 0.550 e. The molecule has 0 heterocycles. The molecule has 0 radical (unpaired) electrons. The number of aliphatic carboxylic acids is 1. The first-order valence-corrected chi connectivity index (χ1v) is 8.87. The van der Waals surface area contributed by atoms with Crippen LogP contribution in [0.5, 0.6) is 0 Å². The molecule has 0 aromatic carbocycles. The summed E-state index contributed by atoms with van der Waals surface area (Å²) in [6.07, 6.45) is 32.1. The zero-order valence-corrected chi connectivity index (χ0v) is 15.9. The van der Waals surface area contributed by atoms with Crippen LogP contribution in [0.2, 0.25) is 0 Å². The Morgan fingerprint density at radius 2 is 0.960 bits per heavy atom. The second-order valence-corrected chi connectivity index (χ2v) is 5.33. The van der Waals surface area contributed by atoms with Crippen molar-refractivity contribution >= 4 is 5.97 Å². The first-order chi connectivity index (χ1) is 11.8. The summed E-state index contributed by atoms with van der Waals surface area (Å²) in [5.74, 6) is -0.991. The van der Waals surface area contributed by atoms with Gasteiger partial charge in [-0.1, -0.05) is 79.8 Å². The van der Waals surface area contributed by atoms with Gasteiger partial charge in [-0.25, -0.2) is 0 Å². The Kier molecular flexibility index (Phi) is 23.2. The van der Waals surface area contributed by atoms with Crippen LogP contribution in [0, 0.1) is 0 Å². The Hall–Kier alpha value is -1.49. The summed E-state index contributed by atoms with van der Waals surface area (Å²) in [5, 5.41) is 10.2. The van der Waals surface area contributed by atoms with Crippen LogP contribution in [0.3, 0.4) is 0 Å². The number of carboxylic acids is 1. The normalized spacial score (nSPS) is 12.5. The fourth-order valence-corrected chi connectivity index (χ4v) is 1.84. The second-order valence-electron chi connectivity index (χ2n) is 5.33. The molecule has 0 aliphatic heterocycles. The maximum absolute atomic E-state index is 10.2. The van der Waals surface area contributed by atoms with E-state index in [2.05, 4.69) is 67.7 Å². The van der Waals surface area contributed by atoms with Crippen molar-refractivity contribution in [2.75, 3.05) is 0 Å². The van der Waals surface area contributed by atoms with Crippen molar-refractivity contribution in [2.45, 2.75) is 58.3 Å². The molecule has 0 amide bonds. The number of carboxylic acid groups (broad SMARTS) is 1. The molecule has 0 aliphatic rings. The van der Waals surface area contributed by atoms with Crippen molar-refractivity contribution in [2.24, 2.45) is 0 Å². The third-order valence-corrected chi connectivity index (χ3v) is 3.11. The summed E-state index contributed by atoms with van der Waals surface area (Å²) >= 11 is 0. The average molecular weight is 334 g/mol. The maximum atomic E-state index is 10.2. The number of carbonyl (C=O) groups excluding carboxylic acids is 1. The third kappa shape index (κ3) is 24.9. The van der Waals surface area contributed by atoms with Crippen LogP contribution in [0.25, 0.3) is 0 Å². The van der Waals surface area contributed by atoms with Gasteiger partial charge in [-0.05, 0) is 51.4 Å². The largest absolute Gasteiger partial charge is 1.00 e. The minimum absolute atomic E-state index is 0. The predicted molar refractivity (Wildman–Crippen MR) is 102 cm³/mol. The van der Waals surface area contributed by atoms with Gasteiger partial charge in [0.25, 0.3) is 0 Å². The minimum atomic E-state index is -0.991. The van der Waals surface area contributed by atoms with Gasteiger partial charge in [-0.2, -0.15) is 0 Å². The van der Waals surface area contributed by atoms with E-state index in [1.165, 1.54) is 0 Å². The number of rotatable bonds is 14. The molecule has 3 heteroatoms. The molecule has 0 aromatic rings. The molecule has 0 rings (SSSR count). The topological polar surface area (TPSA) is 40.1 Å². The van der Waals surface area contributed by atoms with E-state index in [1.807, 2.05) is 12.2 Å². The van der Waals surface area contributed by atoms with Gasteiger partial charge >= 0.3 is 18.9 Å². The van der Waals surface area contributed by atoms with Gasteiger partial charge in [0.15, 0.2) is 0 Å². The number of hydrogen-bond donors (Lipinski definition) is 0. The Balaban J connectivity index is 0. The van der Waals surface area contributed by atoms with Crippen molar-refractivity contribution in [3.8, 4) is 0 Å². The molecule has 0 unspecified atom stereocenters. The molecular weight excluding hydrogens is 303 g/mol. The summed E-state index contributed by atoms with van der Waals surface area (Å²) in [4.78, 5) is 10.2. The van der Waals surface area contributed by atoms with Crippen molar-refractivity contribution in [3.63, 3.8) is 0 Å². The van der Waals surface area contributed by atoms with Crippen molar-refractivity contribution in [1.29, 1.82) is 0 Å². The fraction of sp³-hybridized carbons (Fsp3) is 0.409. The van der Waals surface area contributed by atoms with E-state index in [-0.39, 0.29) is 25.3 Å². The number of carbonyl (C=O) groups is 1. The summed E-state index contributed by atoms with van der Waals surface area (Å²) in [7, 11) is 0. The second kappa shape index (κ2) is 22.5. The first-order valence-electron chi connectivity index (χ1n) is 8.87. The van der Waals surface area contributed by atoms with Crippen LogP contribution >= 0.6 is 0 Å². The molecule has 0 spiro atoms. The molecule has 0 fully saturated rings. The first kappa shape index (κ1) is 25.7. The van der Waals surface area contributed by atoms with E-state index >= 15 is 0 Å². The van der Waals surface area contributed by atoms with Crippen molar-refractivity contribution in [1.82, 2.24) is 0 Å². The van der Waals surface area contributed by atoms with E-state index in [0.29, 0.717) is 6.42 Å². The van der Waals surface area contributed by atoms with Crippen LogP contribution in [-0.2, 0) is 4.79 Å². The molecule has 25 heavy (non-hydrogen) atoms. The Bertz CT molecular complexity index is 468. The summed E-state index contributed by atoms with van der Waals surface area (Å²) < 4.78 is 0. The van der Waals surface area contributed by atoms with Gasteiger partial charge in [0, 0.05) is 5.97 Å². The van der Waals surface area contributed by atoms with Crippen LogP contribution in [0.1, 0.15) is 58.3 Å². The molecular formula is C22H31LiO2. The van der Waals surface area contributed by atoms with E-state index in [4.69, 9.17) is 0 Å². The standard InChI is InChI=1S/C22H32O2.Li/c1-2-3-4-5-6-7-8-9-10-11-12-13-14-15-16-17-18-19-20-21-22(23)24;/h3-4,6-7,9-10,12-13,15-16,18-19H,2,5,8,11,14,17,20-21H2,1H3,(H,23,24);/q;+1/p-1/b4-3-,7-6+,10-9+,13-12+,16-15+,19-18-;. The van der Waals surface area contributed by atoms with Crippen LogP contribution in [-0.4, -0.2) is 5.97 Å². The SMILES string of the molecule is CC/C=C\C/C=C/C/C=C/C/C=C/C/C=C/C/C=C\CCC(=O)[O-].[Li+]. The summed E-state index contributed by atoms with van der Waals surface area (Å²) in [6, 6.07) is 0. The Morgan fingerprint density at radius 3 is 1.28 bits per heavy atom. The molecule has 0 aliphatic carbocycles. The third-order valence-electron chi connectivity index (χ3n) is 3.11. The minimum Gasteiger partial charge on any atom is -0.550 e. The Labute approximate surface area is 166 Å². The fourth-order valence-electron chi connectivity index (χ4n) is 1.84. The average Bonchev–Trinajstić information content (AvgIpc) is 2.56. The quantitative estimate of drug-likeness (QED) is 0.361. The number of allylic oxidation sites excluding steroid dienone is 12. The monoisotopic (exact) mass is 334 g/mol. The molecule has 0 N–H and O–H groups in total. The van der Waals surface area contributed by atoms with Gasteiger partial charge in [-0.3, -0.25) is 0 Å². The van der Waals surface area contributed by atoms with Gasteiger partial charge < -0.3 is 9.90 Å². The molecule has 132 valence electrons. The van der Waals surface area contributed by atoms with Crippen LogP contribution in [0.15, 0.2) is 72.9 Å².